The van der Waals surface area contributed by atoms with Crippen LogP contribution in [0.2, 0.25) is 0 Å². The van der Waals surface area contributed by atoms with E-state index in [1.807, 2.05) is 13.1 Å². The van der Waals surface area contributed by atoms with Crippen molar-refractivity contribution in [2.75, 3.05) is 19.7 Å². The molecule has 1 atom stereocenters. The first-order valence-corrected chi connectivity index (χ1v) is 9.63. The summed E-state index contributed by atoms with van der Waals surface area (Å²) in [6.07, 6.45) is 5.42. The van der Waals surface area contributed by atoms with E-state index in [9.17, 15) is 5.11 Å². The van der Waals surface area contributed by atoms with E-state index in [2.05, 4.69) is 46.3 Å². The predicted octanol–water partition coefficient (Wildman–Crippen LogP) is 3.28. The van der Waals surface area contributed by atoms with E-state index in [0.29, 0.717) is 6.61 Å². The Labute approximate surface area is 155 Å². The number of aryl methyl sites for hydroxylation is 1. The lowest BCUT2D eigenvalue weighted by molar-refractivity contribution is -0.173. The lowest BCUT2D eigenvalue weighted by Crippen LogP contribution is -2.53. The van der Waals surface area contributed by atoms with Gasteiger partial charge < -0.3 is 9.84 Å². The fraction of sp³-hybridized carbons (Fsp3) is 0.571. The summed E-state index contributed by atoms with van der Waals surface area (Å²) >= 11 is 0. The van der Waals surface area contributed by atoms with Gasteiger partial charge in [-0.15, -0.1) is 0 Å². The van der Waals surface area contributed by atoms with Crippen LogP contribution in [0.5, 0.6) is 0 Å². The summed E-state index contributed by atoms with van der Waals surface area (Å²) in [7, 11) is 0. The molecule has 2 aliphatic heterocycles. The van der Waals surface area contributed by atoms with Gasteiger partial charge in [0.05, 0.1) is 29.7 Å². The molecule has 0 bridgehead atoms. The Morgan fingerprint density at radius 1 is 1.19 bits per heavy atom. The number of aromatic nitrogens is 2. The van der Waals surface area contributed by atoms with Crippen LogP contribution in [0, 0.1) is 6.92 Å². The van der Waals surface area contributed by atoms with Crippen LogP contribution >= 0.6 is 0 Å². The van der Waals surface area contributed by atoms with E-state index >= 15 is 0 Å². The molecule has 1 aromatic heterocycles. The number of piperidine rings is 1. The SMILES string of the molecule is Cc1ccc(-c2[nH]ncc2CN2CCC3(CC2)CC(C)(O)CCO3)cc1. The average molecular weight is 355 g/mol. The minimum absolute atomic E-state index is 0.131. The molecule has 2 aromatic rings. The van der Waals surface area contributed by atoms with Crippen molar-refractivity contribution in [2.45, 2.75) is 57.3 Å². The Morgan fingerprint density at radius 3 is 2.62 bits per heavy atom. The van der Waals surface area contributed by atoms with E-state index in [1.54, 1.807) is 0 Å². The van der Waals surface area contributed by atoms with Gasteiger partial charge in [0.15, 0.2) is 0 Å². The second kappa shape index (κ2) is 6.80. The number of ether oxygens (including phenoxy) is 1. The molecular formula is C21H29N3O2. The van der Waals surface area contributed by atoms with Crippen molar-refractivity contribution in [2.24, 2.45) is 0 Å². The second-order valence-electron chi connectivity index (χ2n) is 8.37. The van der Waals surface area contributed by atoms with Crippen LogP contribution < -0.4 is 0 Å². The molecule has 140 valence electrons. The maximum absolute atomic E-state index is 10.4. The molecule has 1 aromatic carbocycles. The maximum atomic E-state index is 10.4. The molecule has 1 unspecified atom stereocenters. The molecule has 0 saturated carbocycles. The highest BCUT2D eigenvalue weighted by molar-refractivity contribution is 5.62. The van der Waals surface area contributed by atoms with Crippen molar-refractivity contribution in [1.29, 1.82) is 0 Å². The number of rotatable bonds is 3. The molecule has 2 aliphatic rings. The Morgan fingerprint density at radius 2 is 1.92 bits per heavy atom. The smallest absolute Gasteiger partial charge is 0.0734 e. The Bertz CT molecular complexity index is 743. The largest absolute Gasteiger partial charge is 0.390 e. The third-order valence-electron chi connectivity index (χ3n) is 5.97. The quantitative estimate of drug-likeness (QED) is 0.887. The number of aliphatic hydroxyl groups is 1. The number of H-pyrrole nitrogens is 1. The molecule has 4 rings (SSSR count). The molecule has 5 nitrogen and oxygen atoms in total. The molecule has 2 fully saturated rings. The van der Waals surface area contributed by atoms with Crippen molar-refractivity contribution in [3.63, 3.8) is 0 Å². The summed E-state index contributed by atoms with van der Waals surface area (Å²) in [5, 5.41) is 17.9. The zero-order chi connectivity index (χ0) is 18.2. The zero-order valence-electron chi connectivity index (χ0n) is 15.8. The van der Waals surface area contributed by atoms with Gasteiger partial charge in [-0.2, -0.15) is 5.10 Å². The van der Waals surface area contributed by atoms with E-state index in [0.717, 1.165) is 51.0 Å². The van der Waals surface area contributed by atoms with Crippen molar-refractivity contribution < 1.29 is 9.84 Å². The van der Waals surface area contributed by atoms with Gasteiger partial charge in [-0.1, -0.05) is 29.8 Å². The molecule has 26 heavy (non-hydrogen) atoms. The van der Waals surface area contributed by atoms with Crippen molar-refractivity contribution in [3.05, 3.63) is 41.6 Å². The van der Waals surface area contributed by atoms with Crippen molar-refractivity contribution in [1.82, 2.24) is 15.1 Å². The van der Waals surface area contributed by atoms with Gasteiger partial charge in [-0.3, -0.25) is 10.00 Å². The number of benzene rings is 1. The first-order chi connectivity index (χ1) is 12.4. The summed E-state index contributed by atoms with van der Waals surface area (Å²) in [5.41, 5.74) is 4.09. The number of likely N-dealkylation sites (tertiary alicyclic amines) is 1. The van der Waals surface area contributed by atoms with Gasteiger partial charge in [-0.25, -0.2) is 0 Å². The van der Waals surface area contributed by atoms with E-state index in [4.69, 9.17) is 4.74 Å². The van der Waals surface area contributed by atoms with Crippen LogP contribution in [-0.2, 0) is 11.3 Å². The summed E-state index contributed by atoms with van der Waals surface area (Å²) in [5.74, 6) is 0. The average Bonchev–Trinajstić information content (AvgIpc) is 3.05. The molecule has 0 aliphatic carbocycles. The van der Waals surface area contributed by atoms with E-state index < -0.39 is 5.60 Å². The van der Waals surface area contributed by atoms with Gasteiger partial charge in [0.1, 0.15) is 0 Å². The highest BCUT2D eigenvalue weighted by Crippen LogP contribution is 2.39. The van der Waals surface area contributed by atoms with Gasteiger partial charge in [0, 0.05) is 31.6 Å². The number of hydrogen-bond donors (Lipinski definition) is 2. The van der Waals surface area contributed by atoms with Crippen molar-refractivity contribution >= 4 is 0 Å². The van der Waals surface area contributed by atoms with Crippen LogP contribution in [0.25, 0.3) is 11.3 Å². The third kappa shape index (κ3) is 3.70. The molecule has 5 heteroatoms. The molecule has 2 saturated heterocycles. The Hall–Kier alpha value is -1.69. The van der Waals surface area contributed by atoms with E-state index in [1.165, 1.54) is 16.7 Å². The number of hydrogen-bond acceptors (Lipinski definition) is 4. The highest BCUT2D eigenvalue weighted by atomic mass is 16.5. The molecule has 1 spiro atoms. The Balaban J connectivity index is 1.41. The third-order valence-corrected chi connectivity index (χ3v) is 5.97. The molecule has 3 heterocycles. The zero-order valence-corrected chi connectivity index (χ0v) is 15.8. The minimum atomic E-state index is -0.580. The van der Waals surface area contributed by atoms with Crippen LogP contribution in [0.3, 0.4) is 0 Å². The monoisotopic (exact) mass is 355 g/mol. The summed E-state index contributed by atoms with van der Waals surface area (Å²) in [6.45, 7) is 7.61. The lowest BCUT2D eigenvalue weighted by Gasteiger charge is -2.48. The van der Waals surface area contributed by atoms with E-state index in [-0.39, 0.29) is 5.60 Å². The van der Waals surface area contributed by atoms with Gasteiger partial charge in [0.2, 0.25) is 0 Å². The summed E-state index contributed by atoms with van der Waals surface area (Å²) < 4.78 is 6.12. The van der Waals surface area contributed by atoms with Crippen LogP contribution in [0.1, 0.15) is 43.7 Å². The van der Waals surface area contributed by atoms with Crippen LogP contribution in [-0.4, -0.2) is 51.1 Å². The Kier molecular flexibility index (Phi) is 4.63. The number of nitrogens with zero attached hydrogens (tertiary/aromatic N) is 2. The first-order valence-electron chi connectivity index (χ1n) is 9.63. The molecular weight excluding hydrogens is 326 g/mol. The molecule has 0 radical (unpaired) electrons. The summed E-state index contributed by atoms with van der Waals surface area (Å²) in [6, 6.07) is 8.57. The topological polar surface area (TPSA) is 61.4 Å². The minimum Gasteiger partial charge on any atom is -0.390 e. The fourth-order valence-electron chi connectivity index (χ4n) is 4.40. The van der Waals surface area contributed by atoms with Gasteiger partial charge in [0.25, 0.3) is 0 Å². The van der Waals surface area contributed by atoms with Gasteiger partial charge in [-0.05, 0) is 38.7 Å². The fourth-order valence-corrected chi connectivity index (χ4v) is 4.40. The standard InChI is InChI=1S/C21H29N3O2/c1-16-3-5-17(6-4-16)19-18(13-22-23-19)14-24-10-7-21(8-11-24)15-20(2,25)9-12-26-21/h3-6,13,25H,7-12,14-15H2,1-2H3,(H,22,23). The number of nitrogens with one attached hydrogen (secondary N) is 1. The van der Waals surface area contributed by atoms with Crippen LogP contribution in [0.4, 0.5) is 0 Å². The highest BCUT2D eigenvalue weighted by Gasteiger charge is 2.44. The second-order valence-corrected chi connectivity index (χ2v) is 8.37. The lowest BCUT2D eigenvalue weighted by atomic mass is 9.78. The molecule has 0 amide bonds. The normalized spacial score (nSPS) is 26.3. The van der Waals surface area contributed by atoms with Crippen molar-refractivity contribution in [3.8, 4) is 11.3 Å². The van der Waals surface area contributed by atoms with Crippen LogP contribution in [0.15, 0.2) is 30.5 Å². The number of aromatic amines is 1. The predicted molar refractivity (Wildman–Crippen MR) is 102 cm³/mol. The first kappa shape index (κ1) is 17.7. The maximum Gasteiger partial charge on any atom is 0.0734 e. The summed E-state index contributed by atoms with van der Waals surface area (Å²) in [4.78, 5) is 2.47. The molecule has 2 N–H and O–H groups in total. The van der Waals surface area contributed by atoms with Gasteiger partial charge >= 0.3 is 0 Å².